The van der Waals surface area contributed by atoms with E-state index in [-0.39, 0.29) is 6.04 Å². The Bertz CT molecular complexity index is 526. The standard InChI is InChI=1S/C12H11BrFN3/c13-7-11-15-12-9(14)6-10(17(12)16-11)8-4-2-1-3-5-8/h1-5,9-10H,6-7H2/t9-,10-/m0/s1. The summed E-state index contributed by atoms with van der Waals surface area (Å²) >= 11 is 3.29. The van der Waals surface area contributed by atoms with Crippen LogP contribution in [0.5, 0.6) is 0 Å². The Labute approximate surface area is 107 Å². The predicted octanol–water partition coefficient (Wildman–Crippen LogP) is 3.18. The molecule has 0 saturated heterocycles. The molecule has 3 nitrogen and oxygen atoms in total. The first-order chi connectivity index (χ1) is 8.29. The smallest absolute Gasteiger partial charge is 0.162 e. The number of hydrogen-bond donors (Lipinski definition) is 0. The van der Waals surface area contributed by atoms with E-state index in [1.807, 2.05) is 30.3 Å². The Morgan fingerprint density at radius 2 is 2.12 bits per heavy atom. The number of halogens is 2. The van der Waals surface area contributed by atoms with Gasteiger partial charge in [0.05, 0.1) is 11.4 Å². The molecule has 88 valence electrons. The number of fused-ring (bicyclic) bond motifs is 1. The normalized spacial score (nSPS) is 22.7. The molecule has 17 heavy (non-hydrogen) atoms. The first-order valence-corrected chi connectivity index (χ1v) is 6.62. The minimum Gasteiger partial charge on any atom is -0.239 e. The number of benzene rings is 1. The highest BCUT2D eigenvalue weighted by molar-refractivity contribution is 9.08. The number of aromatic nitrogens is 3. The molecule has 0 N–H and O–H groups in total. The van der Waals surface area contributed by atoms with Crippen molar-refractivity contribution in [2.75, 3.05) is 0 Å². The van der Waals surface area contributed by atoms with Crippen molar-refractivity contribution in [3.05, 3.63) is 47.5 Å². The average Bonchev–Trinajstić information content (AvgIpc) is 2.91. The summed E-state index contributed by atoms with van der Waals surface area (Å²) in [6, 6.07) is 9.86. The van der Waals surface area contributed by atoms with E-state index in [1.165, 1.54) is 0 Å². The molecule has 0 saturated carbocycles. The van der Waals surface area contributed by atoms with Gasteiger partial charge in [0.2, 0.25) is 0 Å². The monoisotopic (exact) mass is 295 g/mol. The van der Waals surface area contributed by atoms with Crippen LogP contribution < -0.4 is 0 Å². The molecule has 1 aliphatic heterocycles. The minimum absolute atomic E-state index is 0.0264. The highest BCUT2D eigenvalue weighted by atomic mass is 79.9. The molecule has 1 aromatic heterocycles. The van der Waals surface area contributed by atoms with E-state index in [4.69, 9.17) is 0 Å². The SMILES string of the molecule is F[C@H]1C[C@@H](c2ccccc2)n2nc(CBr)nc21. The summed E-state index contributed by atoms with van der Waals surface area (Å²) in [5, 5.41) is 4.89. The summed E-state index contributed by atoms with van der Waals surface area (Å²) in [6.45, 7) is 0. The zero-order valence-electron chi connectivity index (χ0n) is 9.05. The molecule has 0 bridgehead atoms. The third-order valence-corrected chi connectivity index (χ3v) is 3.51. The summed E-state index contributed by atoms with van der Waals surface area (Å²) in [4.78, 5) is 4.20. The van der Waals surface area contributed by atoms with Gasteiger partial charge in [-0.15, -0.1) is 0 Å². The maximum Gasteiger partial charge on any atom is 0.162 e. The van der Waals surface area contributed by atoms with E-state index >= 15 is 0 Å². The van der Waals surface area contributed by atoms with Crippen LogP contribution in [-0.2, 0) is 5.33 Å². The van der Waals surface area contributed by atoms with Gasteiger partial charge in [-0.3, -0.25) is 0 Å². The molecule has 1 aliphatic rings. The molecule has 0 radical (unpaired) electrons. The number of rotatable bonds is 2. The van der Waals surface area contributed by atoms with E-state index < -0.39 is 6.17 Å². The largest absolute Gasteiger partial charge is 0.239 e. The van der Waals surface area contributed by atoms with Crippen LogP contribution in [0, 0.1) is 0 Å². The molecule has 0 amide bonds. The van der Waals surface area contributed by atoms with E-state index in [0.29, 0.717) is 23.4 Å². The lowest BCUT2D eigenvalue weighted by molar-refractivity contribution is 0.328. The summed E-state index contributed by atoms with van der Waals surface area (Å²) < 4.78 is 15.6. The van der Waals surface area contributed by atoms with Gasteiger partial charge in [-0.05, 0) is 5.56 Å². The third kappa shape index (κ3) is 1.78. The molecule has 5 heteroatoms. The van der Waals surface area contributed by atoms with Gasteiger partial charge >= 0.3 is 0 Å². The predicted molar refractivity (Wildman–Crippen MR) is 65.7 cm³/mol. The van der Waals surface area contributed by atoms with E-state index in [1.54, 1.807) is 4.68 Å². The van der Waals surface area contributed by atoms with E-state index in [0.717, 1.165) is 5.56 Å². The Morgan fingerprint density at radius 1 is 1.35 bits per heavy atom. The highest BCUT2D eigenvalue weighted by Gasteiger charge is 2.34. The lowest BCUT2D eigenvalue weighted by atomic mass is 10.0. The van der Waals surface area contributed by atoms with Crippen molar-refractivity contribution in [2.24, 2.45) is 0 Å². The maximum atomic E-state index is 13.9. The van der Waals surface area contributed by atoms with Crippen molar-refractivity contribution in [1.29, 1.82) is 0 Å². The fraction of sp³-hybridized carbons (Fsp3) is 0.333. The van der Waals surface area contributed by atoms with Crippen LogP contribution in [0.1, 0.15) is 35.8 Å². The number of nitrogens with zero attached hydrogens (tertiary/aromatic N) is 3. The third-order valence-electron chi connectivity index (χ3n) is 3.01. The summed E-state index contributed by atoms with van der Waals surface area (Å²) in [7, 11) is 0. The highest BCUT2D eigenvalue weighted by Crippen LogP contribution is 2.39. The van der Waals surface area contributed by atoms with Crippen molar-refractivity contribution >= 4 is 15.9 Å². The lowest BCUT2D eigenvalue weighted by Crippen LogP contribution is -2.07. The Balaban J connectivity index is 2.03. The van der Waals surface area contributed by atoms with Crippen LogP contribution in [0.15, 0.2) is 30.3 Å². The number of alkyl halides is 2. The van der Waals surface area contributed by atoms with Crippen molar-refractivity contribution in [3.63, 3.8) is 0 Å². The molecule has 0 fully saturated rings. The van der Waals surface area contributed by atoms with Gasteiger partial charge in [0.25, 0.3) is 0 Å². The second kappa shape index (κ2) is 4.22. The summed E-state index contributed by atoms with van der Waals surface area (Å²) in [5.41, 5.74) is 1.08. The van der Waals surface area contributed by atoms with Crippen LogP contribution in [0.25, 0.3) is 0 Å². The van der Waals surface area contributed by atoms with Crippen molar-refractivity contribution in [3.8, 4) is 0 Å². The van der Waals surface area contributed by atoms with Crippen LogP contribution in [0.3, 0.4) is 0 Å². The Kier molecular flexibility index (Phi) is 2.70. The van der Waals surface area contributed by atoms with Gasteiger partial charge in [0.1, 0.15) is 0 Å². The number of hydrogen-bond acceptors (Lipinski definition) is 2. The van der Waals surface area contributed by atoms with Gasteiger partial charge in [0.15, 0.2) is 17.8 Å². The molecule has 0 aliphatic carbocycles. The van der Waals surface area contributed by atoms with Gasteiger partial charge < -0.3 is 0 Å². The molecule has 0 unspecified atom stereocenters. The second-order valence-electron chi connectivity index (χ2n) is 4.09. The molecule has 1 aromatic carbocycles. The lowest BCUT2D eigenvalue weighted by Gasteiger charge is -2.11. The average molecular weight is 296 g/mol. The topological polar surface area (TPSA) is 30.7 Å². The molecule has 2 heterocycles. The maximum absolute atomic E-state index is 13.9. The quantitative estimate of drug-likeness (QED) is 0.797. The van der Waals surface area contributed by atoms with Crippen molar-refractivity contribution in [1.82, 2.24) is 14.8 Å². The first kappa shape index (κ1) is 10.9. The molecule has 0 spiro atoms. The summed E-state index contributed by atoms with van der Waals surface area (Å²) in [6.07, 6.45) is -0.581. The fourth-order valence-corrected chi connectivity index (χ4v) is 2.47. The van der Waals surface area contributed by atoms with Crippen LogP contribution in [0.2, 0.25) is 0 Å². The Morgan fingerprint density at radius 3 is 2.82 bits per heavy atom. The van der Waals surface area contributed by atoms with Gasteiger partial charge in [-0.1, -0.05) is 46.3 Å². The minimum atomic E-state index is -1.01. The van der Waals surface area contributed by atoms with E-state index in [9.17, 15) is 4.39 Å². The van der Waals surface area contributed by atoms with Crippen LogP contribution in [-0.4, -0.2) is 14.8 Å². The fourth-order valence-electron chi connectivity index (χ4n) is 2.23. The zero-order chi connectivity index (χ0) is 11.8. The molecule has 2 atom stereocenters. The van der Waals surface area contributed by atoms with Crippen LogP contribution in [0.4, 0.5) is 4.39 Å². The van der Waals surface area contributed by atoms with Gasteiger partial charge in [-0.25, -0.2) is 14.1 Å². The van der Waals surface area contributed by atoms with Crippen molar-refractivity contribution < 1.29 is 4.39 Å². The van der Waals surface area contributed by atoms with Gasteiger partial charge in [0, 0.05) is 6.42 Å². The molecular weight excluding hydrogens is 285 g/mol. The first-order valence-electron chi connectivity index (χ1n) is 5.50. The van der Waals surface area contributed by atoms with Crippen LogP contribution >= 0.6 is 15.9 Å². The van der Waals surface area contributed by atoms with Gasteiger partial charge in [-0.2, -0.15) is 5.10 Å². The zero-order valence-corrected chi connectivity index (χ0v) is 10.6. The molecule has 3 rings (SSSR count). The molecule has 2 aromatic rings. The van der Waals surface area contributed by atoms with Crippen molar-refractivity contribution in [2.45, 2.75) is 24.0 Å². The second-order valence-corrected chi connectivity index (χ2v) is 4.65. The van der Waals surface area contributed by atoms with E-state index in [2.05, 4.69) is 26.0 Å². The molecular formula is C12H11BrFN3. The summed E-state index contributed by atoms with van der Waals surface area (Å²) in [5.74, 6) is 1.09. The Hall–Kier alpha value is -1.23.